The van der Waals surface area contributed by atoms with Gasteiger partial charge in [-0.3, -0.25) is 0 Å². The molecule has 5 nitrogen and oxygen atoms in total. The van der Waals surface area contributed by atoms with E-state index in [1.807, 2.05) is 0 Å². The zero-order valence-corrected chi connectivity index (χ0v) is 13.5. The van der Waals surface area contributed by atoms with Gasteiger partial charge in [0.2, 0.25) is 0 Å². The maximum atomic E-state index is 5.74. The van der Waals surface area contributed by atoms with Crippen LogP contribution in [0.2, 0.25) is 0 Å². The second kappa shape index (κ2) is 5.41. The molecular weight excluding hydrogens is 286 g/mol. The van der Waals surface area contributed by atoms with Gasteiger partial charge in [0.15, 0.2) is 0 Å². The summed E-state index contributed by atoms with van der Waals surface area (Å²) in [5.41, 5.74) is 9.77. The summed E-state index contributed by atoms with van der Waals surface area (Å²) in [6.45, 7) is 2.18. The van der Waals surface area contributed by atoms with Crippen LogP contribution in [-0.2, 0) is 0 Å². The number of anilines is 2. The first-order valence-electron chi connectivity index (χ1n) is 8.41. The normalized spacial score (nSPS) is 22.3. The third-order valence-corrected chi connectivity index (χ3v) is 5.24. The van der Waals surface area contributed by atoms with Crippen LogP contribution in [0.25, 0.3) is 0 Å². The standard InChI is InChI=1S/C18H23N5/c1-13-9-14(22-17-10-16(19)20-12-21-17)11-23-15(13)5-8-18(23)6-3-2-4-7-18/h5,9-12H,2-4,6-8H2,1H3,(H3,19,20,21,22). The largest absolute Gasteiger partial charge is 0.384 e. The van der Waals surface area contributed by atoms with Crippen LogP contribution in [0, 0.1) is 0 Å². The van der Waals surface area contributed by atoms with Crippen LogP contribution >= 0.6 is 0 Å². The number of allylic oxidation sites excluding steroid dienone is 2. The van der Waals surface area contributed by atoms with E-state index in [2.05, 4.69) is 45.5 Å². The molecular formula is C18H23N5. The average Bonchev–Trinajstić information content (AvgIpc) is 2.87. The number of hydrogen-bond donors (Lipinski definition) is 2. The van der Waals surface area contributed by atoms with Crippen LogP contribution in [-0.4, -0.2) is 20.4 Å². The van der Waals surface area contributed by atoms with Gasteiger partial charge in [-0.25, -0.2) is 9.97 Å². The smallest absolute Gasteiger partial charge is 0.135 e. The van der Waals surface area contributed by atoms with E-state index >= 15 is 0 Å². The highest BCUT2D eigenvalue weighted by Crippen LogP contribution is 2.46. The van der Waals surface area contributed by atoms with E-state index in [1.54, 1.807) is 6.07 Å². The number of nitrogens with zero attached hydrogens (tertiary/aromatic N) is 3. The first kappa shape index (κ1) is 14.3. The lowest BCUT2D eigenvalue weighted by Crippen LogP contribution is -2.44. The summed E-state index contributed by atoms with van der Waals surface area (Å²) in [7, 11) is 0. The number of rotatable bonds is 2. The van der Waals surface area contributed by atoms with Crippen LogP contribution in [0.5, 0.6) is 0 Å². The van der Waals surface area contributed by atoms with Crippen molar-refractivity contribution in [2.75, 3.05) is 11.1 Å². The van der Waals surface area contributed by atoms with Crippen molar-refractivity contribution in [1.29, 1.82) is 0 Å². The number of nitrogens with one attached hydrogen (secondary N) is 1. The number of fused-ring (bicyclic) bond motifs is 2. The summed E-state index contributed by atoms with van der Waals surface area (Å²) in [6.07, 6.45) is 16.1. The molecule has 3 heterocycles. The summed E-state index contributed by atoms with van der Waals surface area (Å²) in [4.78, 5) is 10.7. The zero-order valence-electron chi connectivity index (χ0n) is 13.5. The number of nitrogen functional groups attached to an aromatic ring is 1. The predicted molar refractivity (Wildman–Crippen MR) is 92.3 cm³/mol. The first-order valence-corrected chi connectivity index (χ1v) is 8.41. The van der Waals surface area contributed by atoms with Gasteiger partial charge in [-0.05, 0) is 37.8 Å². The third kappa shape index (κ3) is 2.50. The molecule has 1 spiro atoms. The summed E-state index contributed by atoms with van der Waals surface area (Å²) < 4.78 is 0. The van der Waals surface area contributed by atoms with Crippen LogP contribution in [0.3, 0.4) is 0 Å². The summed E-state index contributed by atoms with van der Waals surface area (Å²) >= 11 is 0. The van der Waals surface area contributed by atoms with Crippen LogP contribution in [0.4, 0.5) is 11.6 Å². The van der Waals surface area contributed by atoms with E-state index in [-0.39, 0.29) is 0 Å². The molecule has 3 N–H and O–H groups in total. The first-order chi connectivity index (χ1) is 11.2. The highest BCUT2D eigenvalue weighted by atomic mass is 15.2. The second-order valence-electron chi connectivity index (χ2n) is 6.81. The molecule has 0 radical (unpaired) electrons. The van der Waals surface area contributed by atoms with Crippen molar-refractivity contribution in [3.63, 3.8) is 0 Å². The monoisotopic (exact) mass is 309 g/mol. The number of aromatic nitrogens is 2. The molecule has 1 aromatic rings. The molecule has 1 saturated carbocycles. The van der Waals surface area contributed by atoms with Crippen molar-refractivity contribution in [3.05, 3.63) is 47.7 Å². The molecule has 3 aliphatic rings. The fourth-order valence-corrected chi connectivity index (χ4v) is 4.09. The summed E-state index contributed by atoms with van der Waals surface area (Å²) in [6, 6.07) is 1.76. The van der Waals surface area contributed by atoms with E-state index in [4.69, 9.17) is 5.73 Å². The van der Waals surface area contributed by atoms with Gasteiger partial charge in [-0.2, -0.15) is 0 Å². The quantitative estimate of drug-likeness (QED) is 0.874. The Balaban J connectivity index is 1.63. The molecule has 0 saturated heterocycles. The molecule has 0 aromatic carbocycles. The fourth-order valence-electron chi connectivity index (χ4n) is 4.09. The minimum Gasteiger partial charge on any atom is -0.384 e. The lowest BCUT2D eigenvalue weighted by molar-refractivity contribution is 0.149. The number of hydrogen-bond acceptors (Lipinski definition) is 5. The van der Waals surface area contributed by atoms with Crippen LogP contribution < -0.4 is 11.1 Å². The van der Waals surface area contributed by atoms with E-state index in [0.717, 1.165) is 17.9 Å². The molecule has 2 aliphatic heterocycles. The fraction of sp³-hybridized carbons (Fsp3) is 0.444. The Labute approximate surface area is 137 Å². The van der Waals surface area contributed by atoms with Crippen LogP contribution in [0.15, 0.2) is 47.7 Å². The van der Waals surface area contributed by atoms with Gasteiger partial charge in [0.25, 0.3) is 0 Å². The van der Waals surface area contributed by atoms with E-state index < -0.39 is 0 Å². The lowest BCUT2D eigenvalue weighted by atomic mass is 9.79. The Kier molecular flexibility index (Phi) is 3.36. The molecule has 23 heavy (non-hydrogen) atoms. The topological polar surface area (TPSA) is 67.1 Å². The van der Waals surface area contributed by atoms with Gasteiger partial charge in [0.05, 0.1) is 5.70 Å². The zero-order chi connectivity index (χ0) is 15.9. The molecule has 5 heteroatoms. The summed E-state index contributed by atoms with van der Waals surface area (Å²) in [5, 5.41) is 3.37. The van der Waals surface area contributed by atoms with Crippen LogP contribution in [0.1, 0.15) is 45.4 Å². The van der Waals surface area contributed by atoms with Gasteiger partial charge < -0.3 is 16.0 Å². The Morgan fingerprint density at radius 1 is 1.22 bits per heavy atom. The average molecular weight is 309 g/mol. The highest BCUT2D eigenvalue weighted by molar-refractivity contribution is 5.54. The van der Waals surface area contributed by atoms with E-state index in [0.29, 0.717) is 11.4 Å². The molecule has 1 aliphatic carbocycles. The molecule has 4 rings (SSSR count). The highest BCUT2D eigenvalue weighted by Gasteiger charge is 2.42. The van der Waals surface area contributed by atoms with Gasteiger partial charge in [-0.1, -0.05) is 25.3 Å². The molecule has 0 unspecified atom stereocenters. The Hall–Kier alpha value is -2.30. The molecule has 120 valence electrons. The maximum absolute atomic E-state index is 5.74. The van der Waals surface area contributed by atoms with Gasteiger partial charge in [0, 0.05) is 23.5 Å². The molecule has 0 atom stereocenters. The Bertz CT molecular complexity index is 710. The Morgan fingerprint density at radius 3 is 2.83 bits per heavy atom. The van der Waals surface area contributed by atoms with Crippen molar-refractivity contribution in [1.82, 2.24) is 14.9 Å². The summed E-state index contributed by atoms with van der Waals surface area (Å²) in [5.74, 6) is 1.21. The SMILES string of the molecule is CC1=CC(Nc2cc(N)ncn2)=CN2C1=CCC21CCCCC1. The molecule has 0 bridgehead atoms. The molecule has 1 aromatic heterocycles. The van der Waals surface area contributed by atoms with Gasteiger partial charge in [-0.15, -0.1) is 0 Å². The minimum atomic E-state index is 0.292. The molecule has 1 fully saturated rings. The van der Waals surface area contributed by atoms with Gasteiger partial charge >= 0.3 is 0 Å². The van der Waals surface area contributed by atoms with Crippen molar-refractivity contribution in [2.45, 2.75) is 51.0 Å². The maximum Gasteiger partial charge on any atom is 0.135 e. The van der Waals surface area contributed by atoms with Crippen molar-refractivity contribution >= 4 is 11.6 Å². The second-order valence-corrected chi connectivity index (χ2v) is 6.81. The lowest BCUT2D eigenvalue weighted by Gasteiger charge is -2.44. The molecule has 0 amide bonds. The van der Waals surface area contributed by atoms with Crippen molar-refractivity contribution < 1.29 is 0 Å². The Morgan fingerprint density at radius 2 is 2.04 bits per heavy atom. The van der Waals surface area contributed by atoms with Crippen molar-refractivity contribution in [3.8, 4) is 0 Å². The van der Waals surface area contributed by atoms with Crippen molar-refractivity contribution in [2.24, 2.45) is 0 Å². The van der Waals surface area contributed by atoms with E-state index in [9.17, 15) is 0 Å². The number of nitrogens with two attached hydrogens (primary N) is 1. The predicted octanol–water partition coefficient (Wildman–Crippen LogP) is 3.56. The third-order valence-electron chi connectivity index (χ3n) is 5.24. The minimum absolute atomic E-state index is 0.292. The van der Waals surface area contributed by atoms with Gasteiger partial charge in [0.1, 0.15) is 18.0 Å². The van der Waals surface area contributed by atoms with E-state index in [1.165, 1.54) is 49.7 Å².